The molecule has 0 radical (unpaired) electrons. The Hall–Kier alpha value is -6.19. The molecular weight excluding hydrogens is 691 g/mol. The van der Waals surface area contributed by atoms with Crippen LogP contribution in [0.1, 0.15) is 74.1 Å². The van der Waals surface area contributed by atoms with E-state index in [-0.39, 0.29) is 10.8 Å². The van der Waals surface area contributed by atoms with Crippen LogP contribution in [0.4, 0.5) is 0 Å². The molecule has 0 aliphatic heterocycles. The molecule has 4 aliphatic rings. The van der Waals surface area contributed by atoms with Crippen molar-refractivity contribution in [2.75, 3.05) is 0 Å². The highest BCUT2D eigenvalue weighted by Gasteiger charge is 2.53. The second-order valence-corrected chi connectivity index (χ2v) is 17.1. The molecule has 7 aromatic rings. The number of aromatic nitrogens is 3. The highest BCUT2D eigenvalue weighted by Crippen LogP contribution is 2.64. The molecule has 1 aromatic heterocycles. The van der Waals surface area contributed by atoms with Crippen LogP contribution in [-0.4, -0.2) is 15.0 Å². The molecule has 1 spiro atoms. The number of allylic oxidation sites excluding steroid dienone is 4. The van der Waals surface area contributed by atoms with Gasteiger partial charge in [0.25, 0.3) is 0 Å². The van der Waals surface area contributed by atoms with Gasteiger partial charge in [-0.1, -0.05) is 179 Å². The Balaban J connectivity index is 0.963. The lowest BCUT2D eigenvalue weighted by molar-refractivity contribution is 0.233. The largest absolute Gasteiger partial charge is 0.208 e. The zero-order valence-electron chi connectivity index (χ0n) is 32.6. The van der Waals surface area contributed by atoms with Crippen LogP contribution >= 0.6 is 0 Å². The second kappa shape index (κ2) is 13.2. The average Bonchev–Trinajstić information content (AvgIpc) is 3.66. The van der Waals surface area contributed by atoms with E-state index in [2.05, 4.69) is 141 Å². The van der Waals surface area contributed by atoms with E-state index in [1.165, 1.54) is 71.1 Å². The molecule has 2 atom stereocenters. The molecule has 0 N–H and O–H groups in total. The van der Waals surface area contributed by atoms with Gasteiger partial charge in [0.2, 0.25) is 0 Å². The average molecular weight is 736 g/mol. The maximum Gasteiger partial charge on any atom is 0.164 e. The Morgan fingerprint density at radius 1 is 0.456 bits per heavy atom. The summed E-state index contributed by atoms with van der Waals surface area (Å²) in [5, 5.41) is 0. The van der Waals surface area contributed by atoms with Crippen molar-refractivity contribution in [2.24, 2.45) is 5.92 Å². The lowest BCUT2D eigenvalue weighted by atomic mass is 9.62. The van der Waals surface area contributed by atoms with E-state index in [0.29, 0.717) is 29.3 Å². The molecular formula is C54H45N3. The number of hydrogen-bond donors (Lipinski definition) is 0. The molecule has 1 heterocycles. The molecule has 3 nitrogen and oxygen atoms in total. The summed E-state index contributed by atoms with van der Waals surface area (Å²) in [4.78, 5) is 14.9. The van der Waals surface area contributed by atoms with Crippen LogP contribution in [0, 0.1) is 5.92 Å². The number of fused-ring (bicyclic) bond motifs is 8. The third-order valence-corrected chi connectivity index (χ3v) is 13.6. The Labute approximate surface area is 336 Å². The molecule has 276 valence electrons. The maximum atomic E-state index is 5.00. The molecule has 57 heavy (non-hydrogen) atoms. The van der Waals surface area contributed by atoms with Gasteiger partial charge >= 0.3 is 0 Å². The van der Waals surface area contributed by atoms with Crippen LogP contribution in [0.2, 0.25) is 0 Å². The zero-order valence-corrected chi connectivity index (χ0v) is 32.6. The molecule has 0 amide bonds. The molecule has 0 saturated heterocycles. The van der Waals surface area contributed by atoms with Crippen LogP contribution < -0.4 is 0 Å². The molecule has 1 fully saturated rings. The van der Waals surface area contributed by atoms with E-state index >= 15 is 0 Å². The summed E-state index contributed by atoms with van der Waals surface area (Å²) in [6.07, 6.45) is 12.1. The minimum Gasteiger partial charge on any atom is -0.208 e. The predicted molar refractivity (Wildman–Crippen MR) is 234 cm³/mol. The molecule has 4 aliphatic carbocycles. The van der Waals surface area contributed by atoms with Crippen LogP contribution in [0.3, 0.4) is 0 Å². The molecule has 1 saturated carbocycles. The van der Waals surface area contributed by atoms with Crippen LogP contribution in [0.25, 0.3) is 62.0 Å². The molecule has 0 bridgehead atoms. The van der Waals surface area contributed by atoms with Crippen LogP contribution in [0.15, 0.2) is 169 Å². The highest BCUT2D eigenvalue weighted by atomic mass is 15.0. The van der Waals surface area contributed by atoms with Gasteiger partial charge in [-0.2, -0.15) is 0 Å². The normalized spacial score (nSPS) is 19.5. The van der Waals surface area contributed by atoms with Crippen molar-refractivity contribution in [3.8, 4) is 56.4 Å². The summed E-state index contributed by atoms with van der Waals surface area (Å²) in [6.45, 7) is 4.86. The van der Waals surface area contributed by atoms with Gasteiger partial charge in [-0.15, -0.1) is 0 Å². The first kappa shape index (κ1) is 34.1. The predicted octanol–water partition coefficient (Wildman–Crippen LogP) is 13.4. The Morgan fingerprint density at radius 2 is 0.982 bits per heavy atom. The Morgan fingerprint density at radius 3 is 1.63 bits per heavy atom. The monoisotopic (exact) mass is 735 g/mol. The summed E-state index contributed by atoms with van der Waals surface area (Å²) in [7, 11) is 0. The lowest BCUT2D eigenvalue weighted by Crippen LogP contribution is -2.35. The molecule has 3 heteroatoms. The van der Waals surface area contributed by atoms with Gasteiger partial charge in [0, 0.05) is 33.4 Å². The van der Waals surface area contributed by atoms with E-state index in [1.807, 2.05) is 36.4 Å². The summed E-state index contributed by atoms with van der Waals surface area (Å²) in [5.74, 6) is 2.98. The first-order valence-electron chi connectivity index (χ1n) is 20.7. The van der Waals surface area contributed by atoms with Gasteiger partial charge in [0.1, 0.15) is 0 Å². The minimum absolute atomic E-state index is 0.0417. The third kappa shape index (κ3) is 5.51. The van der Waals surface area contributed by atoms with Gasteiger partial charge in [-0.3, -0.25) is 0 Å². The standard InChI is InChI=1S/C54H45N3/c1-53(2)46-27-26-40(32-43(46)45-34-49-44(33-48(45)53)42-24-10-11-25-47(42)54(49)28-12-5-13-29-54)38-21-14-20-37(30-38)39-22-15-23-41(31-39)52-56-50(35-16-6-3-7-17-35)55-51(57-52)36-18-8-4-9-19-36/h3-4,6-11,14-27,30-34,44,49H,5,12-13,28-29H2,1-2H3. The number of rotatable bonds is 5. The summed E-state index contributed by atoms with van der Waals surface area (Å²) < 4.78 is 0. The van der Waals surface area contributed by atoms with Crippen LogP contribution in [0.5, 0.6) is 0 Å². The fourth-order valence-electron chi connectivity index (χ4n) is 10.8. The number of hydrogen-bond acceptors (Lipinski definition) is 3. The van der Waals surface area contributed by atoms with Crippen molar-refractivity contribution >= 4 is 5.57 Å². The summed E-state index contributed by atoms with van der Waals surface area (Å²) in [5.41, 5.74) is 16.9. The van der Waals surface area contributed by atoms with Crippen molar-refractivity contribution in [2.45, 2.75) is 62.7 Å². The molecule has 2 unspecified atom stereocenters. The Bertz CT molecular complexity index is 2690. The number of benzene rings is 6. The maximum absolute atomic E-state index is 5.00. The minimum atomic E-state index is -0.0417. The Kier molecular flexibility index (Phi) is 7.90. The quantitative estimate of drug-likeness (QED) is 0.177. The highest BCUT2D eigenvalue weighted by molar-refractivity contribution is 5.93. The smallest absolute Gasteiger partial charge is 0.164 e. The van der Waals surface area contributed by atoms with Gasteiger partial charge in [-0.05, 0) is 92.6 Å². The SMILES string of the molecule is CC1(C)C2=CC3c4ccccc4C4(CCCCC4)C3C=C2c2cc(-c3cccc(-c4cccc(-c5nc(-c6ccccc6)nc(-c6ccccc6)n5)c4)c3)ccc21. The third-order valence-electron chi connectivity index (χ3n) is 13.6. The van der Waals surface area contributed by atoms with Gasteiger partial charge in [-0.25, -0.2) is 15.0 Å². The number of nitrogens with zero attached hydrogens (tertiary/aromatic N) is 3. The molecule has 11 rings (SSSR count). The van der Waals surface area contributed by atoms with E-state index in [0.717, 1.165) is 22.3 Å². The second-order valence-electron chi connectivity index (χ2n) is 17.1. The lowest BCUT2D eigenvalue weighted by Gasteiger charge is -2.41. The van der Waals surface area contributed by atoms with Gasteiger partial charge in [0.05, 0.1) is 0 Å². The van der Waals surface area contributed by atoms with Crippen molar-refractivity contribution in [1.29, 1.82) is 0 Å². The van der Waals surface area contributed by atoms with E-state index in [4.69, 9.17) is 15.0 Å². The topological polar surface area (TPSA) is 38.7 Å². The van der Waals surface area contributed by atoms with Gasteiger partial charge < -0.3 is 0 Å². The van der Waals surface area contributed by atoms with Crippen LogP contribution in [-0.2, 0) is 10.8 Å². The van der Waals surface area contributed by atoms with Gasteiger partial charge in [0.15, 0.2) is 17.5 Å². The van der Waals surface area contributed by atoms with E-state index in [9.17, 15) is 0 Å². The van der Waals surface area contributed by atoms with Crippen molar-refractivity contribution in [3.63, 3.8) is 0 Å². The fourth-order valence-corrected chi connectivity index (χ4v) is 10.8. The van der Waals surface area contributed by atoms with E-state index in [1.54, 1.807) is 11.1 Å². The summed E-state index contributed by atoms with van der Waals surface area (Å²) in [6, 6.07) is 54.6. The first-order valence-corrected chi connectivity index (χ1v) is 20.7. The zero-order chi connectivity index (χ0) is 38.1. The fraction of sp³-hybridized carbons (Fsp3) is 0.204. The first-order chi connectivity index (χ1) is 28.0. The summed E-state index contributed by atoms with van der Waals surface area (Å²) >= 11 is 0. The van der Waals surface area contributed by atoms with Crippen molar-refractivity contribution in [3.05, 3.63) is 192 Å². The van der Waals surface area contributed by atoms with E-state index < -0.39 is 0 Å². The molecule has 6 aromatic carbocycles. The van der Waals surface area contributed by atoms with Crippen molar-refractivity contribution < 1.29 is 0 Å². The van der Waals surface area contributed by atoms with Crippen molar-refractivity contribution in [1.82, 2.24) is 15.0 Å².